The van der Waals surface area contributed by atoms with Gasteiger partial charge >= 0.3 is 5.97 Å². The topological polar surface area (TPSA) is 70.8 Å². The molecular formula is C14H11NO4. The van der Waals surface area contributed by atoms with Gasteiger partial charge in [0.15, 0.2) is 0 Å². The molecule has 0 aliphatic carbocycles. The molecule has 2 aromatic rings. The Balaban J connectivity index is 1.99. The van der Waals surface area contributed by atoms with Crippen molar-refractivity contribution in [2.45, 2.75) is 6.42 Å². The van der Waals surface area contributed by atoms with Crippen LogP contribution < -0.4 is 4.90 Å². The average molecular weight is 257 g/mol. The van der Waals surface area contributed by atoms with Crippen LogP contribution in [0.3, 0.4) is 0 Å². The van der Waals surface area contributed by atoms with Gasteiger partial charge in [-0.2, -0.15) is 0 Å². The van der Waals surface area contributed by atoms with Gasteiger partial charge in [0, 0.05) is 12.2 Å². The Morgan fingerprint density at radius 3 is 2.74 bits per heavy atom. The summed E-state index contributed by atoms with van der Waals surface area (Å²) in [5.74, 6) is -1.17. The molecule has 0 saturated heterocycles. The largest absolute Gasteiger partial charge is 0.478 e. The molecule has 0 fully saturated rings. The van der Waals surface area contributed by atoms with Gasteiger partial charge in [-0.3, -0.25) is 4.79 Å². The number of aromatic carboxylic acids is 1. The Hall–Kier alpha value is -2.56. The molecule has 0 spiro atoms. The van der Waals surface area contributed by atoms with Gasteiger partial charge < -0.3 is 14.4 Å². The van der Waals surface area contributed by atoms with Crippen molar-refractivity contribution >= 4 is 17.6 Å². The number of fused-ring (bicyclic) bond motifs is 1. The molecule has 5 heteroatoms. The van der Waals surface area contributed by atoms with E-state index in [1.54, 1.807) is 29.2 Å². The number of carbonyl (C=O) groups is 2. The molecule has 0 saturated carbocycles. The van der Waals surface area contributed by atoms with Gasteiger partial charge in [0.1, 0.15) is 6.26 Å². The van der Waals surface area contributed by atoms with E-state index in [9.17, 15) is 9.59 Å². The summed E-state index contributed by atoms with van der Waals surface area (Å²) >= 11 is 0. The van der Waals surface area contributed by atoms with Gasteiger partial charge in [0.25, 0.3) is 5.91 Å². The molecule has 0 atom stereocenters. The summed E-state index contributed by atoms with van der Waals surface area (Å²) in [7, 11) is 0. The minimum atomic E-state index is -0.995. The predicted octanol–water partition coefficient (Wildman–Crippen LogP) is 2.18. The molecule has 0 radical (unpaired) electrons. The van der Waals surface area contributed by atoms with Gasteiger partial charge in [0.05, 0.1) is 17.4 Å². The summed E-state index contributed by atoms with van der Waals surface area (Å²) in [6.07, 6.45) is 3.57. The van der Waals surface area contributed by atoms with E-state index in [0.717, 1.165) is 12.0 Å². The highest BCUT2D eigenvalue weighted by Gasteiger charge is 2.26. The van der Waals surface area contributed by atoms with Crippen LogP contribution in [0.25, 0.3) is 0 Å². The second kappa shape index (κ2) is 4.28. The fourth-order valence-corrected chi connectivity index (χ4v) is 2.27. The van der Waals surface area contributed by atoms with E-state index < -0.39 is 5.97 Å². The quantitative estimate of drug-likeness (QED) is 0.895. The summed E-state index contributed by atoms with van der Waals surface area (Å²) in [6, 6.07) is 6.47. The van der Waals surface area contributed by atoms with Crippen molar-refractivity contribution in [2.75, 3.05) is 11.4 Å². The zero-order valence-corrected chi connectivity index (χ0v) is 10.00. The van der Waals surface area contributed by atoms with Crippen molar-refractivity contribution in [3.63, 3.8) is 0 Å². The lowest BCUT2D eigenvalue weighted by atomic mass is 10.1. The first kappa shape index (κ1) is 11.5. The minimum Gasteiger partial charge on any atom is -0.478 e. The van der Waals surface area contributed by atoms with E-state index in [1.807, 2.05) is 0 Å². The molecule has 0 unspecified atom stereocenters. The van der Waals surface area contributed by atoms with Crippen LogP contribution in [0.15, 0.2) is 41.2 Å². The summed E-state index contributed by atoms with van der Waals surface area (Å²) in [4.78, 5) is 24.8. The molecule has 1 aromatic carbocycles. The fraction of sp³-hybridized carbons (Fsp3) is 0.143. The molecule has 2 heterocycles. The maximum atomic E-state index is 12.3. The second-order valence-corrected chi connectivity index (χ2v) is 4.37. The van der Waals surface area contributed by atoms with Crippen molar-refractivity contribution in [3.8, 4) is 0 Å². The van der Waals surface area contributed by atoms with Crippen molar-refractivity contribution in [1.29, 1.82) is 0 Å². The van der Waals surface area contributed by atoms with Crippen molar-refractivity contribution in [1.82, 2.24) is 0 Å². The molecule has 19 heavy (non-hydrogen) atoms. The smallest absolute Gasteiger partial charge is 0.335 e. The predicted molar refractivity (Wildman–Crippen MR) is 67.5 cm³/mol. The monoisotopic (exact) mass is 257 g/mol. The summed E-state index contributed by atoms with van der Waals surface area (Å²) in [6.45, 7) is 0.558. The van der Waals surface area contributed by atoms with Crippen molar-refractivity contribution in [2.24, 2.45) is 0 Å². The van der Waals surface area contributed by atoms with Gasteiger partial charge in [0.2, 0.25) is 0 Å². The molecule has 1 aliphatic rings. The van der Waals surface area contributed by atoms with E-state index in [4.69, 9.17) is 9.52 Å². The molecule has 1 N–H and O–H groups in total. The standard InChI is InChI=1S/C14H11NO4/c16-13(11-4-6-19-8-11)15-5-3-9-1-2-10(14(17)18)7-12(9)15/h1-2,4,6-8H,3,5H2,(H,17,18). The number of hydrogen-bond acceptors (Lipinski definition) is 3. The number of amides is 1. The molecule has 1 amide bonds. The summed E-state index contributed by atoms with van der Waals surface area (Å²) in [5, 5.41) is 9.01. The number of carboxylic acid groups (broad SMARTS) is 1. The highest BCUT2D eigenvalue weighted by atomic mass is 16.4. The molecule has 1 aliphatic heterocycles. The van der Waals surface area contributed by atoms with Crippen LogP contribution in [0.2, 0.25) is 0 Å². The number of hydrogen-bond donors (Lipinski definition) is 1. The molecule has 96 valence electrons. The number of anilines is 1. The highest BCUT2D eigenvalue weighted by molar-refractivity contribution is 6.07. The van der Waals surface area contributed by atoms with Crippen LogP contribution in [0.1, 0.15) is 26.3 Å². The Morgan fingerprint density at radius 1 is 1.21 bits per heavy atom. The fourth-order valence-electron chi connectivity index (χ4n) is 2.27. The van der Waals surface area contributed by atoms with Gasteiger partial charge in [-0.05, 0) is 30.2 Å². The number of furan rings is 1. The van der Waals surface area contributed by atoms with Crippen LogP contribution in [-0.2, 0) is 6.42 Å². The number of nitrogens with zero attached hydrogens (tertiary/aromatic N) is 1. The summed E-state index contributed by atoms with van der Waals surface area (Å²) in [5.41, 5.74) is 2.31. The summed E-state index contributed by atoms with van der Waals surface area (Å²) < 4.78 is 4.90. The number of carbonyl (C=O) groups excluding carboxylic acids is 1. The number of rotatable bonds is 2. The molecule has 3 rings (SSSR count). The third-order valence-corrected chi connectivity index (χ3v) is 3.24. The maximum absolute atomic E-state index is 12.3. The van der Waals surface area contributed by atoms with Crippen molar-refractivity contribution in [3.05, 3.63) is 53.5 Å². The Morgan fingerprint density at radius 2 is 2.05 bits per heavy atom. The first-order valence-electron chi connectivity index (χ1n) is 5.87. The van der Waals surface area contributed by atoms with Crippen LogP contribution in [-0.4, -0.2) is 23.5 Å². The molecular weight excluding hydrogens is 246 g/mol. The number of benzene rings is 1. The zero-order valence-electron chi connectivity index (χ0n) is 10.00. The molecule has 1 aromatic heterocycles. The first-order chi connectivity index (χ1) is 9.16. The Kier molecular flexibility index (Phi) is 2.59. The lowest BCUT2D eigenvalue weighted by Crippen LogP contribution is -2.28. The third kappa shape index (κ3) is 1.89. The molecule has 5 nitrogen and oxygen atoms in total. The lowest BCUT2D eigenvalue weighted by molar-refractivity contribution is 0.0696. The Bertz CT molecular complexity index is 645. The number of carboxylic acids is 1. The van der Waals surface area contributed by atoms with E-state index in [1.165, 1.54) is 12.5 Å². The van der Waals surface area contributed by atoms with Gasteiger partial charge in [-0.1, -0.05) is 6.07 Å². The third-order valence-electron chi connectivity index (χ3n) is 3.24. The highest BCUT2D eigenvalue weighted by Crippen LogP contribution is 2.30. The van der Waals surface area contributed by atoms with E-state index in [-0.39, 0.29) is 11.5 Å². The van der Waals surface area contributed by atoms with Crippen LogP contribution in [0, 0.1) is 0 Å². The molecule has 0 bridgehead atoms. The van der Waals surface area contributed by atoms with Crippen molar-refractivity contribution < 1.29 is 19.1 Å². The second-order valence-electron chi connectivity index (χ2n) is 4.37. The SMILES string of the molecule is O=C(O)c1ccc2c(c1)N(C(=O)c1ccoc1)CC2. The van der Waals surface area contributed by atoms with E-state index >= 15 is 0 Å². The van der Waals surface area contributed by atoms with E-state index in [0.29, 0.717) is 17.8 Å². The maximum Gasteiger partial charge on any atom is 0.335 e. The van der Waals surface area contributed by atoms with Gasteiger partial charge in [-0.25, -0.2) is 4.79 Å². The zero-order chi connectivity index (χ0) is 13.4. The normalized spacial score (nSPS) is 13.4. The average Bonchev–Trinajstić information content (AvgIpc) is 3.06. The van der Waals surface area contributed by atoms with Crippen LogP contribution in [0.4, 0.5) is 5.69 Å². The lowest BCUT2D eigenvalue weighted by Gasteiger charge is -2.16. The Labute approximate surface area is 109 Å². The van der Waals surface area contributed by atoms with Crippen LogP contribution >= 0.6 is 0 Å². The first-order valence-corrected chi connectivity index (χ1v) is 5.87. The minimum absolute atomic E-state index is 0.171. The van der Waals surface area contributed by atoms with Crippen LogP contribution in [0.5, 0.6) is 0 Å². The van der Waals surface area contributed by atoms with Gasteiger partial charge in [-0.15, -0.1) is 0 Å². The van der Waals surface area contributed by atoms with E-state index in [2.05, 4.69) is 0 Å².